The van der Waals surface area contributed by atoms with E-state index >= 15 is 0 Å². The first-order valence-electron chi connectivity index (χ1n) is 6.69. The van der Waals surface area contributed by atoms with Crippen LogP contribution >= 0.6 is 11.6 Å². The molecule has 0 unspecified atom stereocenters. The number of nitrogens with zero attached hydrogens (tertiary/aromatic N) is 3. The van der Waals surface area contributed by atoms with E-state index in [2.05, 4.69) is 39.7 Å². The standard InChI is InChI=1S/C16H15ClN4/c17-15-5-1-13(2-6-15)9-19-16-7-3-14(4-8-16)10-21-12-18-11-20-21/h1-8,11-12,19H,9-10H2. The van der Waals surface area contributed by atoms with Gasteiger partial charge in [0.05, 0.1) is 6.54 Å². The van der Waals surface area contributed by atoms with Crippen molar-refractivity contribution in [2.75, 3.05) is 5.32 Å². The summed E-state index contributed by atoms with van der Waals surface area (Å²) in [5.74, 6) is 0. The average molecular weight is 299 g/mol. The van der Waals surface area contributed by atoms with Gasteiger partial charge in [-0.1, -0.05) is 35.9 Å². The van der Waals surface area contributed by atoms with Crippen LogP contribution in [-0.2, 0) is 13.1 Å². The summed E-state index contributed by atoms with van der Waals surface area (Å²) in [5.41, 5.74) is 3.48. The number of anilines is 1. The Morgan fingerprint density at radius 3 is 2.33 bits per heavy atom. The summed E-state index contributed by atoms with van der Waals surface area (Å²) in [6.07, 6.45) is 3.26. The molecule has 5 heteroatoms. The summed E-state index contributed by atoms with van der Waals surface area (Å²) in [6, 6.07) is 16.2. The van der Waals surface area contributed by atoms with Crippen molar-refractivity contribution in [3.63, 3.8) is 0 Å². The number of hydrogen-bond acceptors (Lipinski definition) is 3. The quantitative estimate of drug-likeness (QED) is 0.783. The lowest BCUT2D eigenvalue weighted by molar-refractivity contribution is 0.685. The third-order valence-corrected chi connectivity index (χ3v) is 3.43. The van der Waals surface area contributed by atoms with Gasteiger partial charge in [-0.2, -0.15) is 5.10 Å². The highest BCUT2D eigenvalue weighted by atomic mass is 35.5. The molecule has 0 bridgehead atoms. The molecule has 0 saturated carbocycles. The summed E-state index contributed by atoms with van der Waals surface area (Å²) in [7, 11) is 0. The second kappa shape index (κ2) is 6.41. The first kappa shape index (κ1) is 13.6. The van der Waals surface area contributed by atoms with E-state index in [9.17, 15) is 0 Å². The molecular weight excluding hydrogens is 284 g/mol. The van der Waals surface area contributed by atoms with Crippen molar-refractivity contribution >= 4 is 17.3 Å². The van der Waals surface area contributed by atoms with E-state index in [1.54, 1.807) is 17.3 Å². The van der Waals surface area contributed by atoms with Gasteiger partial charge in [-0.25, -0.2) is 9.67 Å². The van der Waals surface area contributed by atoms with E-state index < -0.39 is 0 Å². The van der Waals surface area contributed by atoms with Crippen molar-refractivity contribution in [3.05, 3.63) is 77.3 Å². The zero-order valence-electron chi connectivity index (χ0n) is 11.4. The van der Waals surface area contributed by atoms with Gasteiger partial charge in [0.25, 0.3) is 0 Å². The summed E-state index contributed by atoms with van der Waals surface area (Å²) < 4.78 is 1.80. The molecule has 3 aromatic rings. The molecule has 106 valence electrons. The van der Waals surface area contributed by atoms with Gasteiger partial charge in [0.15, 0.2) is 0 Å². The number of rotatable bonds is 5. The highest BCUT2D eigenvalue weighted by Crippen LogP contribution is 2.14. The van der Waals surface area contributed by atoms with Crippen LogP contribution in [-0.4, -0.2) is 14.8 Å². The van der Waals surface area contributed by atoms with Gasteiger partial charge in [-0.15, -0.1) is 0 Å². The lowest BCUT2D eigenvalue weighted by Crippen LogP contribution is -2.01. The molecule has 1 heterocycles. The minimum Gasteiger partial charge on any atom is -0.381 e. The molecule has 0 aliphatic carbocycles. The fourth-order valence-electron chi connectivity index (χ4n) is 2.04. The fourth-order valence-corrected chi connectivity index (χ4v) is 2.16. The van der Waals surface area contributed by atoms with Gasteiger partial charge in [-0.05, 0) is 35.4 Å². The van der Waals surface area contributed by atoms with Gasteiger partial charge >= 0.3 is 0 Å². The maximum atomic E-state index is 5.87. The molecule has 21 heavy (non-hydrogen) atoms. The molecule has 0 amide bonds. The third-order valence-electron chi connectivity index (χ3n) is 3.17. The molecule has 0 aliphatic heterocycles. The molecule has 1 aromatic heterocycles. The van der Waals surface area contributed by atoms with Crippen molar-refractivity contribution in [1.82, 2.24) is 14.8 Å². The van der Waals surface area contributed by atoms with Crippen LogP contribution in [0, 0.1) is 0 Å². The molecule has 0 atom stereocenters. The lowest BCUT2D eigenvalue weighted by atomic mass is 10.2. The van der Waals surface area contributed by atoms with E-state index in [-0.39, 0.29) is 0 Å². The second-order valence-corrected chi connectivity index (χ2v) is 5.21. The van der Waals surface area contributed by atoms with E-state index in [0.717, 1.165) is 23.8 Å². The summed E-state index contributed by atoms with van der Waals surface area (Å²) >= 11 is 5.87. The van der Waals surface area contributed by atoms with E-state index in [1.807, 2.05) is 24.3 Å². The average Bonchev–Trinajstić information content (AvgIpc) is 3.01. The number of benzene rings is 2. The minimum absolute atomic E-state index is 0.734. The van der Waals surface area contributed by atoms with Crippen LogP contribution in [0.2, 0.25) is 5.02 Å². The van der Waals surface area contributed by atoms with Crippen molar-refractivity contribution < 1.29 is 0 Å². The molecule has 0 saturated heterocycles. The highest BCUT2D eigenvalue weighted by molar-refractivity contribution is 6.30. The Labute approximate surface area is 128 Å². The number of nitrogens with one attached hydrogen (secondary N) is 1. The zero-order chi connectivity index (χ0) is 14.5. The van der Waals surface area contributed by atoms with Crippen LogP contribution < -0.4 is 5.32 Å². The third kappa shape index (κ3) is 3.83. The van der Waals surface area contributed by atoms with Gasteiger partial charge in [0, 0.05) is 17.3 Å². The van der Waals surface area contributed by atoms with Gasteiger partial charge in [-0.3, -0.25) is 0 Å². The van der Waals surface area contributed by atoms with Crippen LogP contribution in [0.4, 0.5) is 5.69 Å². The molecule has 0 radical (unpaired) electrons. The van der Waals surface area contributed by atoms with Crippen molar-refractivity contribution in [2.45, 2.75) is 13.1 Å². The molecular formula is C16H15ClN4. The van der Waals surface area contributed by atoms with Crippen LogP contribution in [0.3, 0.4) is 0 Å². The lowest BCUT2D eigenvalue weighted by Gasteiger charge is -2.08. The molecule has 4 nitrogen and oxygen atoms in total. The number of aromatic nitrogens is 3. The Bertz CT molecular complexity index is 675. The van der Waals surface area contributed by atoms with Gasteiger partial charge in [0.2, 0.25) is 0 Å². The van der Waals surface area contributed by atoms with E-state index in [0.29, 0.717) is 0 Å². The number of hydrogen-bond donors (Lipinski definition) is 1. The molecule has 2 aromatic carbocycles. The maximum Gasteiger partial charge on any atom is 0.137 e. The Morgan fingerprint density at radius 2 is 1.67 bits per heavy atom. The highest BCUT2D eigenvalue weighted by Gasteiger charge is 1.98. The molecule has 0 fully saturated rings. The van der Waals surface area contributed by atoms with E-state index in [4.69, 9.17) is 11.6 Å². The second-order valence-electron chi connectivity index (χ2n) is 4.77. The Balaban J connectivity index is 1.58. The molecule has 1 N–H and O–H groups in total. The first-order valence-corrected chi connectivity index (χ1v) is 7.07. The normalized spacial score (nSPS) is 10.5. The van der Waals surface area contributed by atoms with Crippen molar-refractivity contribution in [2.24, 2.45) is 0 Å². The monoisotopic (exact) mass is 298 g/mol. The summed E-state index contributed by atoms with van der Waals surface area (Å²) in [5, 5.41) is 8.25. The molecule has 0 spiro atoms. The van der Waals surface area contributed by atoms with Crippen LogP contribution in [0.15, 0.2) is 61.2 Å². The van der Waals surface area contributed by atoms with Crippen molar-refractivity contribution in [3.8, 4) is 0 Å². The summed E-state index contributed by atoms with van der Waals surface area (Å²) in [6.45, 7) is 1.51. The fraction of sp³-hybridized carbons (Fsp3) is 0.125. The minimum atomic E-state index is 0.734. The smallest absolute Gasteiger partial charge is 0.137 e. The Kier molecular flexibility index (Phi) is 4.17. The Hall–Kier alpha value is -2.33. The summed E-state index contributed by atoms with van der Waals surface area (Å²) in [4.78, 5) is 3.94. The largest absolute Gasteiger partial charge is 0.381 e. The van der Waals surface area contributed by atoms with Crippen LogP contribution in [0.1, 0.15) is 11.1 Å². The molecule has 0 aliphatic rings. The first-order chi connectivity index (χ1) is 10.3. The Morgan fingerprint density at radius 1 is 0.952 bits per heavy atom. The van der Waals surface area contributed by atoms with E-state index in [1.165, 1.54) is 11.1 Å². The SMILES string of the molecule is Clc1ccc(CNc2ccc(Cn3cncn3)cc2)cc1. The number of halogens is 1. The van der Waals surface area contributed by atoms with Crippen molar-refractivity contribution in [1.29, 1.82) is 0 Å². The predicted molar refractivity (Wildman–Crippen MR) is 84.3 cm³/mol. The van der Waals surface area contributed by atoms with Gasteiger partial charge < -0.3 is 5.32 Å². The predicted octanol–water partition coefficient (Wildman–Crippen LogP) is 3.59. The van der Waals surface area contributed by atoms with Gasteiger partial charge in [0.1, 0.15) is 12.7 Å². The topological polar surface area (TPSA) is 42.7 Å². The zero-order valence-corrected chi connectivity index (χ0v) is 12.2. The maximum absolute atomic E-state index is 5.87. The van der Waals surface area contributed by atoms with Crippen LogP contribution in [0.5, 0.6) is 0 Å². The van der Waals surface area contributed by atoms with Crippen LogP contribution in [0.25, 0.3) is 0 Å². The molecule has 3 rings (SSSR count).